The molecular weight excluding hydrogens is 171 g/mol. The molecule has 0 aliphatic carbocycles. The first-order valence-electron chi connectivity index (χ1n) is 4.59. The molecule has 0 amide bonds. The Labute approximate surface area is 77.3 Å². The molecule has 0 aliphatic rings. The molecule has 0 saturated heterocycles. The maximum absolute atomic E-state index is 11.3. The molecule has 2 atom stereocenters. The Kier molecular flexibility index (Phi) is 6.37. The summed E-state index contributed by atoms with van der Waals surface area (Å²) in [6.45, 7) is 6.51. The van der Waals surface area contributed by atoms with Crippen LogP contribution in [0, 0.1) is 5.92 Å². The van der Waals surface area contributed by atoms with Crippen molar-refractivity contribution >= 4 is 15.2 Å². The van der Waals surface area contributed by atoms with Crippen molar-refractivity contribution in [2.24, 2.45) is 5.92 Å². The van der Waals surface area contributed by atoms with Gasteiger partial charge in [0.1, 0.15) is 0 Å². The predicted molar refractivity (Wildman–Crippen MR) is 54.2 cm³/mol. The van der Waals surface area contributed by atoms with Gasteiger partial charge in [0, 0.05) is 0 Å². The molecule has 2 nitrogen and oxygen atoms in total. The van der Waals surface area contributed by atoms with Crippen LogP contribution >= 0.6 is 9.24 Å². The highest BCUT2D eigenvalue weighted by molar-refractivity contribution is 7.19. The van der Waals surface area contributed by atoms with E-state index in [9.17, 15) is 4.79 Å². The van der Waals surface area contributed by atoms with Gasteiger partial charge in [-0.15, -0.1) is 9.24 Å². The van der Waals surface area contributed by atoms with Crippen LogP contribution in [-0.4, -0.2) is 18.2 Å². The summed E-state index contributed by atoms with van der Waals surface area (Å²) in [7, 11) is 2.58. The average Bonchev–Trinajstić information content (AvgIpc) is 2.07. The van der Waals surface area contributed by atoms with Gasteiger partial charge in [-0.25, -0.2) is 0 Å². The number of carbonyl (C=O) groups is 1. The Morgan fingerprint density at radius 1 is 1.33 bits per heavy atom. The summed E-state index contributed by atoms with van der Waals surface area (Å²) in [5.74, 6) is 0.352. The Hall–Kier alpha value is -0.100. The van der Waals surface area contributed by atoms with Crippen molar-refractivity contribution in [1.29, 1.82) is 0 Å². The lowest BCUT2D eigenvalue weighted by Gasteiger charge is -2.18. The fraction of sp³-hybridized carbons (Fsp3) is 0.889. The molecule has 3 heteroatoms. The summed E-state index contributed by atoms with van der Waals surface area (Å²) < 4.78 is 4.93. The molecule has 0 spiro atoms. The molecule has 0 bridgehead atoms. The van der Waals surface area contributed by atoms with Crippen molar-refractivity contribution < 1.29 is 9.53 Å². The minimum absolute atomic E-state index is 0.0278. The van der Waals surface area contributed by atoms with Gasteiger partial charge in [0.2, 0.25) is 0 Å². The Balaban J connectivity index is 3.96. The smallest absolute Gasteiger partial charge is 0.313 e. The van der Waals surface area contributed by atoms with Crippen molar-refractivity contribution in [2.75, 3.05) is 6.61 Å². The highest BCUT2D eigenvalue weighted by Crippen LogP contribution is 2.21. The number of hydrogen-bond donors (Lipinski definition) is 0. The molecule has 72 valence electrons. The van der Waals surface area contributed by atoms with E-state index in [1.54, 1.807) is 0 Å². The summed E-state index contributed by atoms with van der Waals surface area (Å²) >= 11 is 0. The van der Waals surface area contributed by atoms with E-state index < -0.39 is 0 Å². The van der Waals surface area contributed by atoms with Gasteiger partial charge in [-0.05, 0) is 12.8 Å². The highest BCUT2D eigenvalue weighted by atomic mass is 31.0. The van der Waals surface area contributed by atoms with Gasteiger partial charge in [-0.3, -0.25) is 4.79 Å². The van der Waals surface area contributed by atoms with Crippen LogP contribution < -0.4 is 0 Å². The van der Waals surface area contributed by atoms with Gasteiger partial charge in [0.05, 0.1) is 12.3 Å². The topological polar surface area (TPSA) is 26.3 Å². The number of ether oxygens (including phenoxy) is 1. The standard InChI is InChI=1S/C9H19O2P/c1-4-7(5-2)8(12)9(10)11-6-3/h7-8H,4-6,12H2,1-3H3. The van der Waals surface area contributed by atoms with Crippen molar-refractivity contribution in [2.45, 2.75) is 39.3 Å². The van der Waals surface area contributed by atoms with Gasteiger partial charge in [-0.2, -0.15) is 0 Å². The molecular formula is C9H19O2P. The normalized spacial score (nSPS) is 13.1. The molecule has 12 heavy (non-hydrogen) atoms. The lowest BCUT2D eigenvalue weighted by Crippen LogP contribution is -2.25. The number of hydrogen-bond acceptors (Lipinski definition) is 2. The number of esters is 1. The van der Waals surface area contributed by atoms with Gasteiger partial charge in [0.15, 0.2) is 0 Å². The van der Waals surface area contributed by atoms with E-state index in [-0.39, 0.29) is 11.6 Å². The number of carbonyl (C=O) groups excluding carboxylic acids is 1. The highest BCUT2D eigenvalue weighted by Gasteiger charge is 2.21. The first-order chi connectivity index (χ1) is 5.67. The molecule has 0 saturated carbocycles. The predicted octanol–water partition coefficient (Wildman–Crippen LogP) is 2.23. The van der Waals surface area contributed by atoms with Crippen molar-refractivity contribution in [3.05, 3.63) is 0 Å². The molecule has 0 aromatic rings. The van der Waals surface area contributed by atoms with E-state index in [4.69, 9.17) is 4.74 Å². The zero-order valence-corrected chi connectivity index (χ0v) is 9.32. The summed E-state index contributed by atoms with van der Waals surface area (Å²) in [4.78, 5) is 11.3. The largest absolute Gasteiger partial charge is 0.466 e. The number of rotatable bonds is 5. The maximum atomic E-state index is 11.3. The second-order valence-electron chi connectivity index (χ2n) is 2.85. The Morgan fingerprint density at radius 2 is 1.83 bits per heavy atom. The summed E-state index contributed by atoms with van der Waals surface area (Å²) in [5, 5.41) is 0. The van der Waals surface area contributed by atoms with Crippen LogP contribution in [0.15, 0.2) is 0 Å². The molecule has 0 fully saturated rings. The van der Waals surface area contributed by atoms with Crippen LogP contribution in [0.2, 0.25) is 0 Å². The molecule has 0 aliphatic heterocycles. The minimum Gasteiger partial charge on any atom is -0.466 e. The van der Waals surface area contributed by atoms with Crippen molar-refractivity contribution in [3.8, 4) is 0 Å². The van der Waals surface area contributed by atoms with Gasteiger partial charge >= 0.3 is 5.97 Å². The van der Waals surface area contributed by atoms with E-state index >= 15 is 0 Å². The maximum Gasteiger partial charge on any atom is 0.313 e. The monoisotopic (exact) mass is 190 g/mol. The SMILES string of the molecule is CCOC(=O)C(P)C(CC)CC. The molecule has 0 heterocycles. The second kappa shape index (κ2) is 6.42. The third-order valence-electron chi connectivity index (χ3n) is 2.12. The fourth-order valence-electron chi connectivity index (χ4n) is 1.23. The van der Waals surface area contributed by atoms with Crippen LogP contribution in [-0.2, 0) is 9.53 Å². The molecule has 0 radical (unpaired) electrons. The summed E-state index contributed by atoms with van der Waals surface area (Å²) in [6.07, 6.45) is 2.06. The van der Waals surface area contributed by atoms with Crippen LogP contribution in [0.5, 0.6) is 0 Å². The summed E-state index contributed by atoms with van der Waals surface area (Å²) in [5.41, 5.74) is -0.0278. The van der Waals surface area contributed by atoms with Crippen LogP contribution in [0.25, 0.3) is 0 Å². The summed E-state index contributed by atoms with van der Waals surface area (Å²) in [6, 6.07) is 0. The van der Waals surface area contributed by atoms with E-state index in [2.05, 4.69) is 23.1 Å². The van der Waals surface area contributed by atoms with E-state index in [1.807, 2.05) is 6.92 Å². The lowest BCUT2D eigenvalue weighted by molar-refractivity contribution is -0.143. The molecule has 2 unspecified atom stereocenters. The second-order valence-corrected chi connectivity index (χ2v) is 3.57. The van der Waals surface area contributed by atoms with Crippen LogP contribution in [0.1, 0.15) is 33.6 Å². The van der Waals surface area contributed by atoms with Crippen LogP contribution in [0.3, 0.4) is 0 Å². The van der Waals surface area contributed by atoms with Gasteiger partial charge in [-0.1, -0.05) is 26.7 Å². The molecule has 0 aromatic carbocycles. The van der Waals surface area contributed by atoms with Gasteiger partial charge in [0.25, 0.3) is 0 Å². The first-order valence-corrected chi connectivity index (χ1v) is 5.26. The van der Waals surface area contributed by atoms with E-state index in [1.165, 1.54) is 0 Å². The molecule has 0 aromatic heterocycles. The minimum atomic E-state index is -0.0869. The van der Waals surface area contributed by atoms with E-state index in [0.717, 1.165) is 12.8 Å². The van der Waals surface area contributed by atoms with Crippen molar-refractivity contribution in [3.63, 3.8) is 0 Å². The Bertz CT molecular complexity index is 132. The third kappa shape index (κ3) is 3.53. The zero-order chi connectivity index (χ0) is 9.56. The van der Waals surface area contributed by atoms with E-state index in [0.29, 0.717) is 12.5 Å². The quantitative estimate of drug-likeness (QED) is 0.491. The van der Waals surface area contributed by atoms with Gasteiger partial charge < -0.3 is 4.74 Å². The average molecular weight is 190 g/mol. The fourth-order valence-corrected chi connectivity index (χ4v) is 1.87. The third-order valence-corrected chi connectivity index (χ3v) is 2.93. The van der Waals surface area contributed by atoms with Crippen LogP contribution in [0.4, 0.5) is 0 Å². The Morgan fingerprint density at radius 3 is 2.17 bits per heavy atom. The van der Waals surface area contributed by atoms with Crippen molar-refractivity contribution in [1.82, 2.24) is 0 Å². The first kappa shape index (κ1) is 11.9. The zero-order valence-electron chi connectivity index (χ0n) is 8.17. The molecule has 0 N–H and O–H groups in total. The molecule has 0 rings (SSSR count). The lowest BCUT2D eigenvalue weighted by atomic mass is 9.99.